The summed E-state index contributed by atoms with van der Waals surface area (Å²) in [4.78, 5) is 23.8. The lowest BCUT2D eigenvalue weighted by Crippen LogP contribution is -2.44. The van der Waals surface area contributed by atoms with Gasteiger partial charge < -0.3 is 8.85 Å². The molecule has 0 unspecified atom stereocenters. The van der Waals surface area contributed by atoms with Gasteiger partial charge in [0.05, 0.1) is 0 Å². The van der Waals surface area contributed by atoms with Crippen LogP contribution in [0.4, 0.5) is 0 Å². The van der Waals surface area contributed by atoms with Crippen LogP contribution in [0.2, 0.25) is 12.1 Å². The normalized spacial score (nSPS) is 11.2. The Morgan fingerprint density at radius 1 is 0.714 bits per heavy atom. The van der Waals surface area contributed by atoms with Gasteiger partial charge in [-0.2, -0.15) is 0 Å². The first-order chi connectivity index (χ1) is 10.0. The van der Waals surface area contributed by atoms with E-state index < -0.39 is 8.56 Å². The number of unbranched alkanes of at least 4 members (excludes halogenated alkanes) is 4. The van der Waals surface area contributed by atoms with E-state index in [1.165, 1.54) is 0 Å². The van der Waals surface area contributed by atoms with E-state index in [4.69, 9.17) is 8.85 Å². The Kier molecular flexibility index (Phi) is 11.3. The molecule has 0 aromatic heterocycles. The molecule has 0 heterocycles. The quantitative estimate of drug-likeness (QED) is 0.386. The maximum Gasteiger partial charge on any atom is 0.463 e. The summed E-state index contributed by atoms with van der Waals surface area (Å²) in [5, 5.41) is 0. The van der Waals surface area contributed by atoms with E-state index in [1.54, 1.807) is 0 Å². The molecule has 0 rings (SSSR count). The molecular weight excluding hydrogens is 284 g/mol. The molecule has 0 radical (unpaired) electrons. The third-order valence-electron chi connectivity index (χ3n) is 3.65. The molecule has 0 saturated carbocycles. The molecule has 0 aliphatic carbocycles. The minimum atomic E-state index is -2.69. The topological polar surface area (TPSA) is 52.6 Å². The van der Waals surface area contributed by atoms with Crippen LogP contribution in [0.15, 0.2) is 0 Å². The molecule has 5 heteroatoms. The van der Waals surface area contributed by atoms with Gasteiger partial charge in [0.25, 0.3) is 11.9 Å². The van der Waals surface area contributed by atoms with Crippen molar-refractivity contribution in [3.8, 4) is 0 Å². The van der Waals surface area contributed by atoms with Crippen LogP contribution in [-0.4, -0.2) is 20.5 Å². The predicted octanol–water partition coefficient (Wildman–Crippen LogP) is 4.72. The average Bonchev–Trinajstić information content (AvgIpc) is 2.47. The lowest BCUT2D eigenvalue weighted by atomic mass is 10.2. The molecule has 0 spiro atoms. The van der Waals surface area contributed by atoms with Gasteiger partial charge in [-0.1, -0.05) is 53.4 Å². The molecule has 0 bridgehead atoms. The van der Waals surface area contributed by atoms with Crippen LogP contribution >= 0.6 is 0 Å². The van der Waals surface area contributed by atoms with E-state index in [0.717, 1.165) is 38.5 Å². The molecule has 0 aliphatic heterocycles. The Morgan fingerprint density at radius 2 is 1.10 bits per heavy atom. The van der Waals surface area contributed by atoms with Crippen molar-refractivity contribution >= 4 is 20.5 Å². The largest absolute Gasteiger partial charge is 0.485 e. The van der Waals surface area contributed by atoms with Crippen molar-refractivity contribution in [2.75, 3.05) is 0 Å². The van der Waals surface area contributed by atoms with Crippen molar-refractivity contribution < 1.29 is 18.4 Å². The van der Waals surface area contributed by atoms with Crippen molar-refractivity contribution in [3.05, 3.63) is 0 Å². The second kappa shape index (κ2) is 11.8. The highest BCUT2D eigenvalue weighted by Gasteiger charge is 2.41. The van der Waals surface area contributed by atoms with E-state index in [-0.39, 0.29) is 11.9 Å². The molecule has 0 aromatic carbocycles. The summed E-state index contributed by atoms with van der Waals surface area (Å²) in [5.41, 5.74) is 0. The third kappa shape index (κ3) is 8.91. The highest BCUT2D eigenvalue weighted by Crippen LogP contribution is 2.21. The fourth-order valence-electron chi connectivity index (χ4n) is 2.12. The number of rotatable bonds is 12. The van der Waals surface area contributed by atoms with Crippen LogP contribution in [0.25, 0.3) is 0 Å². The standard InChI is InChI=1S/C16H32O4Si/c1-5-9-11-13-15(17)19-21(7-3,8-4)20-16(18)14-12-10-6-2/h5-14H2,1-4H3. The molecule has 0 N–H and O–H groups in total. The first-order valence-electron chi connectivity index (χ1n) is 8.47. The molecule has 0 aromatic rings. The number of hydrogen-bond acceptors (Lipinski definition) is 4. The summed E-state index contributed by atoms with van der Waals surface area (Å²) >= 11 is 0. The maximum absolute atomic E-state index is 11.9. The fraction of sp³-hybridized carbons (Fsp3) is 0.875. The van der Waals surface area contributed by atoms with Gasteiger partial charge in [-0.05, 0) is 12.8 Å². The van der Waals surface area contributed by atoms with Crippen LogP contribution in [0.1, 0.15) is 79.1 Å². The second-order valence-corrected chi connectivity index (χ2v) is 9.12. The zero-order chi connectivity index (χ0) is 16.1. The molecule has 0 amide bonds. The van der Waals surface area contributed by atoms with E-state index in [9.17, 15) is 9.59 Å². The van der Waals surface area contributed by atoms with Crippen molar-refractivity contribution in [3.63, 3.8) is 0 Å². The summed E-state index contributed by atoms with van der Waals surface area (Å²) in [6, 6.07) is 1.26. The molecule has 21 heavy (non-hydrogen) atoms. The zero-order valence-electron chi connectivity index (χ0n) is 14.2. The van der Waals surface area contributed by atoms with Crippen molar-refractivity contribution in [2.45, 2.75) is 91.1 Å². The van der Waals surface area contributed by atoms with E-state index >= 15 is 0 Å². The summed E-state index contributed by atoms with van der Waals surface area (Å²) in [6.07, 6.45) is 6.74. The molecule has 4 nitrogen and oxygen atoms in total. The minimum absolute atomic E-state index is 0.208. The molecule has 0 fully saturated rings. The predicted molar refractivity (Wildman–Crippen MR) is 87.2 cm³/mol. The summed E-state index contributed by atoms with van der Waals surface area (Å²) < 4.78 is 11.2. The van der Waals surface area contributed by atoms with Crippen LogP contribution in [0.5, 0.6) is 0 Å². The van der Waals surface area contributed by atoms with Crippen LogP contribution < -0.4 is 0 Å². The smallest absolute Gasteiger partial charge is 0.463 e. The number of carbonyl (C=O) groups excluding carboxylic acids is 2. The fourth-order valence-corrected chi connectivity index (χ4v) is 4.27. The van der Waals surface area contributed by atoms with Gasteiger partial charge in [0.2, 0.25) is 0 Å². The van der Waals surface area contributed by atoms with Crippen molar-refractivity contribution in [1.82, 2.24) is 0 Å². The summed E-state index contributed by atoms with van der Waals surface area (Å²) in [7, 11) is -2.69. The Hall–Kier alpha value is -0.843. The number of carbonyl (C=O) groups is 2. The molecular formula is C16H32O4Si. The van der Waals surface area contributed by atoms with Gasteiger partial charge >= 0.3 is 8.56 Å². The first kappa shape index (κ1) is 20.2. The van der Waals surface area contributed by atoms with Crippen LogP contribution in [-0.2, 0) is 18.4 Å². The molecule has 0 saturated heterocycles. The monoisotopic (exact) mass is 316 g/mol. The molecule has 0 aliphatic rings. The Morgan fingerprint density at radius 3 is 1.38 bits per heavy atom. The second-order valence-electron chi connectivity index (χ2n) is 5.48. The van der Waals surface area contributed by atoms with Gasteiger partial charge in [-0.3, -0.25) is 9.59 Å². The van der Waals surface area contributed by atoms with Gasteiger partial charge in [-0.15, -0.1) is 0 Å². The van der Waals surface area contributed by atoms with Gasteiger partial charge in [-0.25, -0.2) is 0 Å². The van der Waals surface area contributed by atoms with Crippen LogP contribution in [0, 0.1) is 0 Å². The van der Waals surface area contributed by atoms with E-state index in [2.05, 4.69) is 13.8 Å². The molecule has 0 atom stereocenters. The minimum Gasteiger partial charge on any atom is -0.485 e. The van der Waals surface area contributed by atoms with Crippen molar-refractivity contribution in [1.29, 1.82) is 0 Å². The van der Waals surface area contributed by atoms with Gasteiger partial charge in [0, 0.05) is 24.9 Å². The van der Waals surface area contributed by atoms with Crippen LogP contribution in [0.3, 0.4) is 0 Å². The lowest BCUT2D eigenvalue weighted by Gasteiger charge is -2.27. The van der Waals surface area contributed by atoms with E-state index in [0.29, 0.717) is 24.9 Å². The zero-order valence-corrected chi connectivity index (χ0v) is 15.2. The third-order valence-corrected chi connectivity index (χ3v) is 7.00. The number of hydrogen-bond donors (Lipinski definition) is 0. The average molecular weight is 317 g/mol. The Balaban J connectivity index is 4.39. The molecule has 124 valence electrons. The highest BCUT2D eigenvalue weighted by atomic mass is 28.4. The van der Waals surface area contributed by atoms with E-state index in [1.807, 2.05) is 13.8 Å². The lowest BCUT2D eigenvalue weighted by molar-refractivity contribution is -0.141. The highest BCUT2D eigenvalue weighted by molar-refractivity contribution is 6.70. The maximum atomic E-state index is 11.9. The summed E-state index contributed by atoms with van der Waals surface area (Å²) in [5.74, 6) is -0.416. The van der Waals surface area contributed by atoms with Gasteiger partial charge in [0.15, 0.2) is 0 Å². The summed E-state index contributed by atoms with van der Waals surface area (Å²) in [6.45, 7) is 8.07. The SMILES string of the molecule is CCCCCC(=O)O[Si](CC)(CC)OC(=O)CCCCC. The Bertz CT molecular complexity index is 275. The van der Waals surface area contributed by atoms with Gasteiger partial charge in [0.1, 0.15) is 0 Å². The first-order valence-corrected chi connectivity index (χ1v) is 10.7. The Labute approximate surface area is 130 Å². The van der Waals surface area contributed by atoms with Crippen molar-refractivity contribution in [2.24, 2.45) is 0 Å².